The van der Waals surface area contributed by atoms with Crippen LogP contribution in [0.1, 0.15) is 30.7 Å². The van der Waals surface area contributed by atoms with Crippen LogP contribution in [0.5, 0.6) is 0 Å². The third-order valence-electron chi connectivity index (χ3n) is 2.66. The average molecular weight is 252 g/mol. The van der Waals surface area contributed by atoms with E-state index in [1.807, 2.05) is 6.92 Å². The fourth-order valence-corrected chi connectivity index (χ4v) is 2.53. The zero-order chi connectivity index (χ0) is 12.4. The van der Waals surface area contributed by atoms with Crippen molar-refractivity contribution >= 4 is 27.4 Å². The molecule has 3 N–H and O–H groups in total. The number of anilines is 1. The monoisotopic (exact) mass is 252 g/mol. The maximum atomic E-state index is 5.50. The first-order chi connectivity index (χ1) is 8.19. The lowest BCUT2D eigenvalue weighted by atomic mass is 10.3. The van der Waals surface area contributed by atoms with Crippen LogP contribution in [0.3, 0.4) is 0 Å². The number of methoxy groups -OCH3 is 1. The molecular formula is C11H16N4OS. The van der Waals surface area contributed by atoms with Gasteiger partial charge in [0.05, 0.1) is 5.39 Å². The number of ether oxygens (including phenoxy) is 1. The number of aromatic nitrogens is 2. The summed E-state index contributed by atoms with van der Waals surface area (Å²) in [6.07, 6.45) is 0.846. The quantitative estimate of drug-likeness (QED) is 0.645. The van der Waals surface area contributed by atoms with Crippen molar-refractivity contribution < 1.29 is 4.74 Å². The first kappa shape index (κ1) is 12.2. The predicted octanol–water partition coefficient (Wildman–Crippen LogP) is 2.25. The van der Waals surface area contributed by atoms with Gasteiger partial charge < -0.3 is 10.2 Å². The highest BCUT2D eigenvalue weighted by molar-refractivity contribution is 7.18. The SMILES string of the molecule is CCc1cc2c(NN)nc(C(C)OC)nc2s1. The Hall–Kier alpha value is -1.24. The second-order valence-electron chi connectivity index (χ2n) is 3.74. The molecule has 0 saturated carbocycles. The Morgan fingerprint density at radius 1 is 1.53 bits per heavy atom. The Morgan fingerprint density at radius 3 is 2.88 bits per heavy atom. The smallest absolute Gasteiger partial charge is 0.160 e. The third-order valence-corrected chi connectivity index (χ3v) is 3.84. The normalized spacial score (nSPS) is 12.9. The van der Waals surface area contributed by atoms with Crippen LogP contribution in [0.2, 0.25) is 0 Å². The van der Waals surface area contributed by atoms with Gasteiger partial charge in [-0.1, -0.05) is 6.92 Å². The molecule has 2 rings (SSSR count). The molecule has 1 unspecified atom stereocenters. The number of nitrogens with zero attached hydrogens (tertiary/aromatic N) is 2. The van der Waals surface area contributed by atoms with Crippen molar-refractivity contribution in [1.29, 1.82) is 0 Å². The van der Waals surface area contributed by atoms with Crippen LogP contribution in [0.25, 0.3) is 10.2 Å². The molecule has 92 valence electrons. The van der Waals surface area contributed by atoms with Gasteiger partial charge >= 0.3 is 0 Å². The van der Waals surface area contributed by atoms with Gasteiger partial charge in [-0.05, 0) is 19.4 Å². The number of nitrogens with two attached hydrogens (primary N) is 1. The second-order valence-corrected chi connectivity index (χ2v) is 4.85. The number of hydrogen-bond donors (Lipinski definition) is 2. The van der Waals surface area contributed by atoms with E-state index >= 15 is 0 Å². The minimum atomic E-state index is -0.140. The first-order valence-electron chi connectivity index (χ1n) is 5.49. The van der Waals surface area contributed by atoms with Crippen LogP contribution in [0.4, 0.5) is 5.82 Å². The summed E-state index contributed by atoms with van der Waals surface area (Å²) in [6.45, 7) is 4.03. The van der Waals surface area contributed by atoms with Gasteiger partial charge in [-0.2, -0.15) is 0 Å². The number of hydrazine groups is 1. The summed E-state index contributed by atoms with van der Waals surface area (Å²) in [5.74, 6) is 6.81. The molecule has 0 aliphatic rings. The highest BCUT2D eigenvalue weighted by atomic mass is 32.1. The molecule has 0 amide bonds. The minimum Gasteiger partial charge on any atom is -0.374 e. The van der Waals surface area contributed by atoms with Crippen LogP contribution in [0.15, 0.2) is 6.07 Å². The van der Waals surface area contributed by atoms with Crippen molar-refractivity contribution in [3.63, 3.8) is 0 Å². The zero-order valence-corrected chi connectivity index (χ0v) is 11.0. The molecule has 2 aromatic rings. The van der Waals surface area contributed by atoms with E-state index in [0.717, 1.165) is 16.6 Å². The van der Waals surface area contributed by atoms with E-state index < -0.39 is 0 Å². The van der Waals surface area contributed by atoms with Crippen molar-refractivity contribution in [3.8, 4) is 0 Å². The molecule has 0 spiro atoms. The average Bonchev–Trinajstić information content (AvgIpc) is 2.79. The lowest BCUT2D eigenvalue weighted by Gasteiger charge is -2.09. The Labute approximate surface area is 104 Å². The summed E-state index contributed by atoms with van der Waals surface area (Å²) >= 11 is 1.67. The molecule has 2 heterocycles. The van der Waals surface area contributed by atoms with Crippen LogP contribution in [-0.4, -0.2) is 17.1 Å². The first-order valence-corrected chi connectivity index (χ1v) is 6.31. The molecule has 5 nitrogen and oxygen atoms in total. The molecule has 0 radical (unpaired) electrons. The number of nitrogen functional groups attached to an aromatic ring is 1. The van der Waals surface area contributed by atoms with Crippen LogP contribution in [0, 0.1) is 0 Å². The number of nitrogens with one attached hydrogen (secondary N) is 1. The van der Waals surface area contributed by atoms with Crippen molar-refractivity contribution in [2.24, 2.45) is 5.84 Å². The van der Waals surface area contributed by atoms with Crippen LogP contribution >= 0.6 is 11.3 Å². The Kier molecular flexibility index (Phi) is 3.56. The van der Waals surface area contributed by atoms with Crippen molar-refractivity contribution in [3.05, 3.63) is 16.8 Å². The minimum absolute atomic E-state index is 0.140. The Bertz CT molecular complexity index is 525. The number of hydrogen-bond acceptors (Lipinski definition) is 6. The summed E-state index contributed by atoms with van der Waals surface area (Å²) in [7, 11) is 1.64. The Balaban J connectivity index is 2.59. The number of rotatable bonds is 4. The van der Waals surface area contributed by atoms with Crippen molar-refractivity contribution in [2.75, 3.05) is 12.5 Å². The molecule has 1 atom stereocenters. The lowest BCUT2D eigenvalue weighted by molar-refractivity contribution is 0.112. The molecule has 0 bridgehead atoms. The van der Waals surface area contributed by atoms with Gasteiger partial charge in [0.1, 0.15) is 10.9 Å². The van der Waals surface area contributed by atoms with E-state index in [-0.39, 0.29) is 6.10 Å². The van der Waals surface area contributed by atoms with E-state index in [1.54, 1.807) is 18.4 Å². The summed E-state index contributed by atoms with van der Waals surface area (Å²) in [5.41, 5.74) is 2.63. The van der Waals surface area contributed by atoms with Crippen molar-refractivity contribution in [2.45, 2.75) is 26.4 Å². The van der Waals surface area contributed by atoms with Gasteiger partial charge in [0, 0.05) is 12.0 Å². The summed E-state index contributed by atoms with van der Waals surface area (Å²) in [6, 6.07) is 2.08. The van der Waals surface area contributed by atoms with E-state index in [1.165, 1.54) is 4.88 Å². The van der Waals surface area contributed by atoms with Crippen LogP contribution < -0.4 is 11.3 Å². The topological polar surface area (TPSA) is 73.1 Å². The molecule has 0 aliphatic heterocycles. The van der Waals surface area contributed by atoms with Gasteiger partial charge in [-0.15, -0.1) is 11.3 Å². The molecule has 0 aliphatic carbocycles. The highest BCUT2D eigenvalue weighted by Crippen LogP contribution is 2.30. The van der Waals surface area contributed by atoms with Crippen molar-refractivity contribution in [1.82, 2.24) is 9.97 Å². The van der Waals surface area contributed by atoms with Gasteiger partial charge in [0.15, 0.2) is 11.6 Å². The molecular weight excluding hydrogens is 236 g/mol. The van der Waals surface area contributed by atoms with Gasteiger partial charge in [-0.25, -0.2) is 15.8 Å². The Morgan fingerprint density at radius 2 is 2.29 bits per heavy atom. The molecule has 0 aromatic carbocycles. The molecule has 2 aromatic heterocycles. The summed E-state index contributed by atoms with van der Waals surface area (Å²) < 4.78 is 5.23. The largest absolute Gasteiger partial charge is 0.374 e. The summed E-state index contributed by atoms with van der Waals surface area (Å²) in [4.78, 5) is 11.1. The van der Waals surface area contributed by atoms with Gasteiger partial charge in [-0.3, -0.25) is 0 Å². The molecule has 0 saturated heterocycles. The third kappa shape index (κ3) is 2.24. The van der Waals surface area contributed by atoms with E-state index in [0.29, 0.717) is 11.6 Å². The lowest BCUT2D eigenvalue weighted by Crippen LogP contribution is -2.12. The fraction of sp³-hybridized carbons (Fsp3) is 0.455. The maximum absolute atomic E-state index is 5.50. The van der Waals surface area contributed by atoms with Gasteiger partial charge in [0.2, 0.25) is 0 Å². The second kappa shape index (κ2) is 4.95. The fourth-order valence-electron chi connectivity index (χ4n) is 1.56. The zero-order valence-electron chi connectivity index (χ0n) is 10.2. The van der Waals surface area contributed by atoms with Gasteiger partial charge in [0.25, 0.3) is 0 Å². The number of thiophene rings is 1. The van der Waals surface area contributed by atoms with Crippen LogP contribution in [-0.2, 0) is 11.2 Å². The summed E-state index contributed by atoms with van der Waals surface area (Å²) in [5, 5.41) is 0.974. The molecule has 17 heavy (non-hydrogen) atoms. The standard InChI is InChI=1S/C11H16N4OS/c1-4-7-5-8-10(15-12)13-9(6(2)16-3)14-11(8)17-7/h5-6H,4,12H2,1-3H3,(H,13,14,15). The number of fused-ring (bicyclic) bond motifs is 1. The highest BCUT2D eigenvalue weighted by Gasteiger charge is 2.14. The predicted molar refractivity (Wildman–Crippen MR) is 70.0 cm³/mol. The maximum Gasteiger partial charge on any atom is 0.160 e. The van der Waals surface area contributed by atoms with E-state index in [2.05, 4.69) is 28.4 Å². The number of aryl methyl sites for hydroxylation is 1. The molecule has 0 fully saturated rings. The van der Waals surface area contributed by atoms with E-state index in [9.17, 15) is 0 Å². The van der Waals surface area contributed by atoms with E-state index in [4.69, 9.17) is 10.6 Å². The molecule has 6 heteroatoms.